The van der Waals surface area contributed by atoms with E-state index in [4.69, 9.17) is 14.7 Å². The van der Waals surface area contributed by atoms with Crippen LogP contribution in [0.15, 0.2) is 49.2 Å². The molecule has 2 atom stereocenters. The van der Waals surface area contributed by atoms with Crippen LogP contribution >= 0.6 is 0 Å². The second-order valence-corrected chi connectivity index (χ2v) is 11.1. The SMILES string of the molecule is C=CC(=O)N1CCN(c2nc(OC[C@@H]3CCCN3C)nc3c2CCN(c2cccc4ncccc24)C3)CC1CC#N. The molecule has 3 aliphatic rings. The molecule has 1 amide bonds. The summed E-state index contributed by atoms with van der Waals surface area (Å²) in [5, 5.41) is 10.6. The molecule has 0 aliphatic carbocycles. The molecule has 1 unspecified atom stereocenters. The summed E-state index contributed by atoms with van der Waals surface area (Å²) in [5.74, 6) is 0.720. The monoisotopic (exact) mass is 552 g/mol. The first-order chi connectivity index (χ1) is 20.1. The summed E-state index contributed by atoms with van der Waals surface area (Å²) in [6.45, 7) is 8.38. The Labute approximate surface area is 240 Å². The number of likely N-dealkylation sites (tertiary alicyclic amines) is 1. The fraction of sp³-hybridized carbons (Fsp3) is 0.452. The number of pyridine rings is 1. The smallest absolute Gasteiger partial charge is 0.318 e. The topological polar surface area (TPSA) is 102 Å². The van der Waals surface area contributed by atoms with E-state index in [-0.39, 0.29) is 18.4 Å². The van der Waals surface area contributed by atoms with E-state index < -0.39 is 0 Å². The highest BCUT2D eigenvalue weighted by Gasteiger charge is 2.33. The van der Waals surface area contributed by atoms with E-state index in [9.17, 15) is 10.1 Å². The van der Waals surface area contributed by atoms with Gasteiger partial charge in [0.05, 0.1) is 36.3 Å². The average molecular weight is 553 g/mol. The Hall–Kier alpha value is -4.23. The number of amides is 1. The van der Waals surface area contributed by atoms with Crippen LogP contribution < -0.4 is 14.5 Å². The van der Waals surface area contributed by atoms with E-state index in [1.165, 1.54) is 12.5 Å². The number of likely N-dealkylation sites (N-methyl/N-ethyl adjacent to an activating group) is 1. The predicted octanol–water partition coefficient (Wildman–Crippen LogP) is 3.18. The van der Waals surface area contributed by atoms with Gasteiger partial charge < -0.3 is 24.3 Å². The highest BCUT2D eigenvalue weighted by molar-refractivity contribution is 5.92. The standard InChI is InChI=1S/C31H36N8O2/c1-3-29(40)39-18-17-38(19-22(39)11-13-32)30-25-12-16-37(28-10-4-9-26-24(28)8-5-14-33-26)20-27(25)34-31(35-30)41-21-23-7-6-15-36(23)2/h3-5,8-10,14,22-23H,1,6-7,11-12,15-21H2,2H3/t22?,23-/m0/s1. The van der Waals surface area contributed by atoms with Crippen LogP contribution in [0.5, 0.6) is 6.01 Å². The summed E-state index contributed by atoms with van der Waals surface area (Å²) in [6.07, 6.45) is 6.46. The Balaban J connectivity index is 1.33. The minimum absolute atomic E-state index is 0.139. The molecule has 41 heavy (non-hydrogen) atoms. The molecular formula is C31H36N8O2. The quantitative estimate of drug-likeness (QED) is 0.409. The first-order valence-corrected chi connectivity index (χ1v) is 14.4. The third kappa shape index (κ3) is 5.42. The lowest BCUT2D eigenvalue weighted by molar-refractivity contribution is -0.128. The van der Waals surface area contributed by atoms with Gasteiger partial charge in [0.1, 0.15) is 12.4 Å². The maximum Gasteiger partial charge on any atom is 0.318 e. The average Bonchev–Trinajstić information content (AvgIpc) is 3.43. The Morgan fingerprint density at radius 2 is 2.05 bits per heavy atom. The largest absolute Gasteiger partial charge is 0.462 e. The normalized spacial score (nSPS) is 21.0. The maximum absolute atomic E-state index is 12.5. The van der Waals surface area contributed by atoms with Crippen LogP contribution in [-0.2, 0) is 17.8 Å². The van der Waals surface area contributed by atoms with Crippen LogP contribution in [0.25, 0.3) is 10.9 Å². The summed E-state index contributed by atoms with van der Waals surface area (Å²) in [7, 11) is 2.14. The summed E-state index contributed by atoms with van der Waals surface area (Å²) in [5.41, 5.74) is 4.18. The van der Waals surface area contributed by atoms with Gasteiger partial charge in [-0.25, -0.2) is 0 Å². The second kappa shape index (κ2) is 11.7. The number of hydrogen-bond acceptors (Lipinski definition) is 9. The highest BCUT2D eigenvalue weighted by atomic mass is 16.5. The molecule has 10 heteroatoms. The number of fused-ring (bicyclic) bond motifs is 2. The van der Waals surface area contributed by atoms with Crippen LogP contribution in [0.2, 0.25) is 0 Å². The lowest BCUT2D eigenvalue weighted by Gasteiger charge is -2.42. The minimum Gasteiger partial charge on any atom is -0.462 e. The molecule has 2 saturated heterocycles. The number of benzene rings is 1. The van der Waals surface area contributed by atoms with Crippen LogP contribution in [0.1, 0.15) is 30.5 Å². The number of hydrogen-bond donors (Lipinski definition) is 0. The molecule has 1 aromatic carbocycles. The third-order valence-corrected chi connectivity index (χ3v) is 8.63. The summed E-state index contributed by atoms with van der Waals surface area (Å²) >= 11 is 0. The van der Waals surface area contributed by atoms with Crippen molar-refractivity contribution in [3.05, 3.63) is 60.4 Å². The van der Waals surface area contributed by atoms with Crippen molar-refractivity contribution < 1.29 is 9.53 Å². The number of piperazine rings is 1. The van der Waals surface area contributed by atoms with E-state index in [1.807, 2.05) is 18.3 Å². The number of rotatable bonds is 7. The van der Waals surface area contributed by atoms with Crippen LogP contribution in [0.3, 0.4) is 0 Å². The molecule has 6 rings (SSSR count). The van der Waals surface area contributed by atoms with Crippen molar-refractivity contribution in [1.82, 2.24) is 24.8 Å². The molecule has 0 N–H and O–H groups in total. The van der Waals surface area contributed by atoms with E-state index in [1.54, 1.807) is 4.90 Å². The van der Waals surface area contributed by atoms with E-state index >= 15 is 0 Å². The number of ether oxygens (including phenoxy) is 1. The molecule has 3 aromatic rings. The molecular weight excluding hydrogens is 516 g/mol. The number of nitriles is 1. The van der Waals surface area contributed by atoms with Gasteiger partial charge in [-0.3, -0.25) is 9.78 Å². The van der Waals surface area contributed by atoms with Crippen molar-refractivity contribution in [2.45, 2.75) is 44.3 Å². The fourth-order valence-corrected chi connectivity index (χ4v) is 6.38. The van der Waals surface area contributed by atoms with Crippen molar-refractivity contribution >= 4 is 28.3 Å². The first-order valence-electron chi connectivity index (χ1n) is 14.4. The van der Waals surface area contributed by atoms with Gasteiger partial charge >= 0.3 is 6.01 Å². The summed E-state index contributed by atoms with van der Waals surface area (Å²) < 4.78 is 6.27. The van der Waals surface area contributed by atoms with Crippen molar-refractivity contribution in [2.24, 2.45) is 0 Å². The Morgan fingerprint density at radius 1 is 1.15 bits per heavy atom. The van der Waals surface area contributed by atoms with Crippen molar-refractivity contribution in [1.29, 1.82) is 5.26 Å². The molecule has 5 heterocycles. The Bertz CT molecular complexity index is 1480. The first kappa shape index (κ1) is 27.0. The molecule has 0 bridgehead atoms. The van der Waals surface area contributed by atoms with Gasteiger partial charge in [-0.15, -0.1) is 0 Å². The van der Waals surface area contributed by atoms with Gasteiger partial charge in [0.2, 0.25) is 5.91 Å². The molecule has 2 aromatic heterocycles. The molecule has 3 aliphatic heterocycles. The van der Waals surface area contributed by atoms with Gasteiger partial charge in [-0.05, 0) is 63.2 Å². The van der Waals surface area contributed by atoms with Crippen molar-refractivity contribution in [2.75, 3.05) is 56.2 Å². The number of aromatic nitrogens is 3. The molecule has 212 valence electrons. The van der Waals surface area contributed by atoms with Gasteiger partial charge in [-0.1, -0.05) is 12.6 Å². The summed E-state index contributed by atoms with van der Waals surface area (Å²) in [4.78, 5) is 35.6. The summed E-state index contributed by atoms with van der Waals surface area (Å²) in [6, 6.07) is 13.1. The fourth-order valence-electron chi connectivity index (χ4n) is 6.38. The number of anilines is 2. The number of nitrogens with zero attached hydrogens (tertiary/aromatic N) is 8. The van der Waals surface area contributed by atoms with Gasteiger partial charge in [0.25, 0.3) is 0 Å². The lowest BCUT2D eigenvalue weighted by Crippen LogP contribution is -2.55. The van der Waals surface area contributed by atoms with Gasteiger partial charge in [0, 0.05) is 55.1 Å². The minimum atomic E-state index is -0.232. The second-order valence-electron chi connectivity index (χ2n) is 11.1. The van der Waals surface area contributed by atoms with E-state index in [2.05, 4.69) is 57.6 Å². The maximum atomic E-state index is 12.5. The third-order valence-electron chi connectivity index (χ3n) is 8.63. The van der Waals surface area contributed by atoms with Crippen LogP contribution in [0, 0.1) is 11.3 Å². The molecule has 0 radical (unpaired) electrons. The zero-order valence-electron chi connectivity index (χ0n) is 23.6. The highest BCUT2D eigenvalue weighted by Crippen LogP contribution is 2.34. The zero-order valence-corrected chi connectivity index (χ0v) is 23.6. The van der Waals surface area contributed by atoms with E-state index in [0.29, 0.717) is 44.8 Å². The van der Waals surface area contributed by atoms with Crippen LogP contribution in [0.4, 0.5) is 11.5 Å². The molecule has 0 spiro atoms. The number of carbonyl (C=O) groups is 1. The number of carbonyl (C=O) groups excluding carboxylic acids is 1. The van der Waals surface area contributed by atoms with Gasteiger partial charge in [-0.2, -0.15) is 15.2 Å². The zero-order chi connectivity index (χ0) is 28.3. The Kier molecular flexibility index (Phi) is 7.70. The van der Waals surface area contributed by atoms with Crippen molar-refractivity contribution in [3.8, 4) is 12.1 Å². The molecule has 10 nitrogen and oxygen atoms in total. The predicted molar refractivity (Wildman–Crippen MR) is 158 cm³/mol. The lowest BCUT2D eigenvalue weighted by atomic mass is 10.0. The Morgan fingerprint density at radius 3 is 2.85 bits per heavy atom. The van der Waals surface area contributed by atoms with E-state index in [0.717, 1.165) is 59.6 Å². The van der Waals surface area contributed by atoms with Gasteiger partial charge in [0.15, 0.2) is 0 Å². The molecule has 0 saturated carbocycles. The van der Waals surface area contributed by atoms with Crippen LogP contribution in [-0.4, -0.2) is 89.1 Å². The molecule has 2 fully saturated rings. The van der Waals surface area contributed by atoms with Crippen molar-refractivity contribution in [3.63, 3.8) is 0 Å².